The lowest BCUT2D eigenvalue weighted by Crippen LogP contribution is -2.36. The second kappa shape index (κ2) is 6.55. The summed E-state index contributed by atoms with van der Waals surface area (Å²) in [5.41, 5.74) is 9.82. The zero-order valence-corrected chi connectivity index (χ0v) is 12.2. The van der Waals surface area contributed by atoms with Crippen LogP contribution in [-0.2, 0) is 0 Å². The van der Waals surface area contributed by atoms with Crippen molar-refractivity contribution in [3.8, 4) is 0 Å². The van der Waals surface area contributed by atoms with E-state index in [-0.39, 0.29) is 6.04 Å². The molecule has 0 amide bonds. The van der Waals surface area contributed by atoms with E-state index in [1.54, 1.807) is 6.20 Å². The summed E-state index contributed by atoms with van der Waals surface area (Å²) < 4.78 is 0. The van der Waals surface area contributed by atoms with Crippen molar-refractivity contribution in [1.29, 1.82) is 0 Å². The highest BCUT2D eigenvalue weighted by Gasteiger charge is 2.29. The van der Waals surface area contributed by atoms with Crippen molar-refractivity contribution in [3.63, 3.8) is 0 Å². The molecule has 1 fully saturated rings. The number of hydrazine groups is 1. The van der Waals surface area contributed by atoms with Crippen LogP contribution >= 0.6 is 11.6 Å². The molecule has 1 heterocycles. The first-order valence-corrected chi connectivity index (χ1v) is 7.40. The van der Waals surface area contributed by atoms with Gasteiger partial charge in [-0.25, -0.2) is 4.98 Å². The second-order valence-electron chi connectivity index (χ2n) is 5.47. The lowest BCUT2D eigenvalue weighted by Gasteiger charge is -2.34. The summed E-state index contributed by atoms with van der Waals surface area (Å²) >= 11 is 6.03. The van der Waals surface area contributed by atoms with E-state index in [0.29, 0.717) is 16.8 Å². The van der Waals surface area contributed by atoms with Crippen LogP contribution in [-0.4, -0.2) is 4.98 Å². The molecule has 0 radical (unpaired) electrons. The van der Waals surface area contributed by atoms with Crippen LogP contribution in [0.4, 0.5) is 5.82 Å². The number of rotatable bonds is 4. The van der Waals surface area contributed by atoms with Crippen molar-refractivity contribution < 1.29 is 0 Å². The van der Waals surface area contributed by atoms with Gasteiger partial charge < -0.3 is 5.73 Å². The Balaban J connectivity index is 2.21. The SMILES string of the molecule is CCC1CCCC(C(NN)c2cc(Cl)cnc2N)C1. The van der Waals surface area contributed by atoms with Gasteiger partial charge in [-0.05, 0) is 30.7 Å². The number of hydrogen-bond donors (Lipinski definition) is 3. The maximum atomic E-state index is 6.03. The summed E-state index contributed by atoms with van der Waals surface area (Å²) in [4.78, 5) is 4.13. The number of aromatic nitrogens is 1. The second-order valence-corrected chi connectivity index (χ2v) is 5.91. The first-order valence-electron chi connectivity index (χ1n) is 7.02. The third-order valence-corrected chi connectivity index (χ3v) is 4.51. The Bertz CT molecular complexity index is 424. The highest BCUT2D eigenvalue weighted by Crippen LogP contribution is 2.39. The normalized spacial score (nSPS) is 25.2. The van der Waals surface area contributed by atoms with E-state index in [4.69, 9.17) is 23.2 Å². The molecule has 3 atom stereocenters. The smallest absolute Gasteiger partial charge is 0.128 e. The first-order chi connectivity index (χ1) is 9.15. The van der Waals surface area contributed by atoms with E-state index >= 15 is 0 Å². The number of nitrogens with one attached hydrogen (secondary N) is 1. The van der Waals surface area contributed by atoms with E-state index in [1.165, 1.54) is 32.1 Å². The summed E-state index contributed by atoms with van der Waals surface area (Å²) in [6.07, 6.45) is 7.76. The number of hydrogen-bond acceptors (Lipinski definition) is 4. The van der Waals surface area contributed by atoms with E-state index in [9.17, 15) is 0 Å². The number of anilines is 1. The van der Waals surface area contributed by atoms with Gasteiger partial charge in [-0.15, -0.1) is 0 Å². The van der Waals surface area contributed by atoms with Crippen LogP contribution in [0.1, 0.15) is 50.6 Å². The molecular formula is C14H23ClN4. The Morgan fingerprint density at radius 2 is 2.32 bits per heavy atom. The average molecular weight is 283 g/mol. The van der Waals surface area contributed by atoms with Crippen LogP contribution in [0.2, 0.25) is 5.02 Å². The third-order valence-electron chi connectivity index (χ3n) is 4.30. The Morgan fingerprint density at radius 3 is 3.00 bits per heavy atom. The summed E-state index contributed by atoms with van der Waals surface area (Å²) in [5.74, 6) is 7.58. The maximum Gasteiger partial charge on any atom is 0.128 e. The molecule has 1 aliphatic rings. The van der Waals surface area contributed by atoms with Crippen LogP contribution < -0.4 is 17.0 Å². The average Bonchev–Trinajstić information content (AvgIpc) is 2.44. The minimum atomic E-state index is 0.0422. The quantitative estimate of drug-likeness (QED) is 0.586. The molecule has 3 unspecified atom stereocenters. The summed E-state index contributed by atoms with van der Waals surface area (Å²) in [6.45, 7) is 2.26. The van der Waals surface area contributed by atoms with Gasteiger partial charge in [0.15, 0.2) is 0 Å². The first kappa shape index (κ1) is 14.6. The van der Waals surface area contributed by atoms with Gasteiger partial charge in [0, 0.05) is 11.8 Å². The van der Waals surface area contributed by atoms with Gasteiger partial charge in [-0.2, -0.15) is 0 Å². The molecule has 0 aromatic carbocycles. The molecule has 0 spiro atoms. The summed E-state index contributed by atoms with van der Waals surface area (Å²) in [5, 5.41) is 0.604. The molecule has 1 aliphatic carbocycles. The Morgan fingerprint density at radius 1 is 1.53 bits per heavy atom. The van der Waals surface area contributed by atoms with E-state index in [0.717, 1.165) is 11.5 Å². The standard InChI is InChI=1S/C14H23ClN4/c1-2-9-4-3-5-10(6-9)13(19-17)12-7-11(15)8-18-14(12)16/h7-10,13,19H,2-6,17H2,1H3,(H2,16,18). The van der Waals surface area contributed by atoms with Crippen molar-refractivity contribution in [1.82, 2.24) is 10.4 Å². The topological polar surface area (TPSA) is 77.0 Å². The highest BCUT2D eigenvalue weighted by atomic mass is 35.5. The molecule has 4 nitrogen and oxygen atoms in total. The number of nitrogen functional groups attached to an aromatic ring is 1. The minimum Gasteiger partial charge on any atom is -0.383 e. The monoisotopic (exact) mass is 282 g/mol. The van der Waals surface area contributed by atoms with E-state index in [2.05, 4.69) is 17.3 Å². The van der Waals surface area contributed by atoms with Crippen molar-refractivity contribution in [2.24, 2.45) is 17.7 Å². The van der Waals surface area contributed by atoms with Crippen LogP contribution in [0, 0.1) is 11.8 Å². The molecule has 106 valence electrons. The Labute approximate surface area is 119 Å². The highest BCUT2D eigenvalue weighted by molar-refractivity contribution is 6.30. The van der Waals surface area contributed by atoms with Gasteiger partial charge in [-0.3, -0.25) is 11.3 Å². The minimum absolute atomic E-state index is 0.0422. The molecule has 0 saturated heterocycles. The Kier molecular flexibility index (Phi) is 5.02. The molecule has 0 aliphatic heterocycles. The molecule has 5 N–H and O–H groups in total. The van der Waals surface area contributed by atoms with Gasteiger partial charge >= 0.3 is 0 Å². The van der Waals surface area contributed by atoms with Crippen LogP contribution in [0.3, 0.4) is 0 Å². The molecule has 1 saturated carbocycles. The maximum absolute atomic E-state index is 6.03. The Hall–Kier alpha value is -0.840. The van der Waals surface area contributed by atoms with E-state index in [1.807, 2.05) is 6.07 Å². The van der Waals surface area contributed by atoms with Gasteiger partial charge in [0.25, 0.3) is 0 Å². The summed E-state index contributed by atoms with van der Waals surface area (Å²) in [7, 11) is 0. The van der Waals surface area contributed by atoms with Crippen molar-refractivity contribution in [2.45, 2.75) is 45.1 Å². The third kappa shape index (κ3) is 3.38. The largest absolute Gasteiger partial charge is 0.383 e. The predicted molar refractivity (Wildman–Crippen MR) is 79.5 cm³/mol. The van der Waals surface area contributed by atoms with E-state index < -0.39 is 0 Å². The number of halogens is 1. The molecule has 19 heavy (non-hydrogen) atoms. The fraction of sp³-hybridized carbons (Fsp3) is 0.643. The molecule has 2 rings (SSSR count). The molecule has 5 heteroatoms. The lowest BCUT2D eigenvalue weighted by molar-refractivity contribution is 0.210. The van der Waals surface area contributed by atoms with Crippen LogP contribution in [0.15, 0.2) is 12.3 Å². The van der Waals surface area contributed by atoms with Gasteiger partial charge in [0.1, 0.15) is 5.82 Å². The van der Waals surface area contributed by atoms with Crippen LogP contribution in [0.5, 0.6) is 0 Å². The number of nitrogens with zero attached hydrogens (tertiary/aromatic N) is 1. The van der Waals surface area contributed by atoms with Crippen LogP contribution in [0.25, 0.3) is 0 Å². The van der Waals surface area contributed by atoms with Gasteiger partial charge in [0.2, 0.25) is 0 Å². The van der Waals surface area contributed by atoms with Crippen molar-refractivity contribution in [3.05, 3.63) is 22.8 Å². The number of pyridine rings is 1. The van der Waals surface area contributed by atoms with Gasteiger partial charge in [0.05, 0.1) is 11.1 Å². The number of nitrogens with two attached hydrogens (primary N) is 2. The predicted octanol–water partition coefficient (Wildman–Crippen LogP) is 3.04. The van der Waals surface area contributed by atoms with Crippen molar-refractivity contribution in [2.75, 3.05) is 5.73 Å². The van der Waals surface area contributed by atoms with Crippen molar-refractivity contribution >= 4 is 17.4 Å². The zero-order valence-electron chi connectivity index (χ0n) is 11.4. The molecule has 1 aromatic rings. The fourth-order valence-electron chi connectivity index (χ4n) is 3.20. The molecule has 1 aromatic heterocycles. The molecule has 0 bridgehead atoms. The fourth-order valence-corrected chi connectivity index (χ4v) is 3.37. The molecular weight excluding hydrogens is 260 g/mol. The lowest BCUT2D eigenvalue weighted by atomic mass is 9.75. The zero-order chi connectivity index (χ0) is 13.8. The van der Waals surface area contributed by atoms with Gasteiger partial charge in [-0.1, -0.05) is 37.8 Å². The summed E-state index contributed by atoms with van der Waals surface area (Å²) in [6, 6.07) is 1.92.